The molecule has 0 aliphatic rings. The van der Waals surface area contributed by atoms with Crippen molar-refractivity contribution in [3.05, 3.63) is 62.6 Å². The van der Waals surface area contributed by atoms with E-state index in [1.165, 1.54) is 52.0 Å². The fourth-order valence-electron chi connectivity index (χ4n) is 3.98. The van der Waals surface area contributed by atoms with Gasteiger partial charge in [0.15, 0.2) is 11.5 Å². The fourth-order valence-corrected chi connectivity index (χ4v) is 4.57. The Morgan fingerprint density at radius 3 is 1.60 bits per heavy atom. The Morgan fingerprint density at radius 2 is 1.20 bits per heavy atom. The van der Waals surface area contributed by atoms with Crippen molar-refractivity contribution in [2.75, 3.05) is 14.2 Å². The van der Waals surface area contributed by atoms with Crippen LogP contribution in [0.2, 0.25) is 10.0 Å². The Bertz CT molecular complexity index is 1000. The molecule has 0 aliphatic carbocycles. The quantitative estimate of drug-likeness (QED) is 0.244. The van der Waals surface area contributed by atoms with Crippen molar-refractivity contribution in [3.8, 4) is 11.5 Å². The fraction of sp³-hybridized carbons (Fsp3) is 0.407. The zero-order valence-corrected chi connectivity index (χ0v) is 21.8. The number of carboxylic acids is 2. The number of carbonyl (C=O) groups is 2. The molecular weight excluding hydrogens is 491 g/mol. The third-order valence-corrected chi connectivity index (χ3v) is 6.30. The molecule has 0 bridgehead atoms. The molecule has 2 aromatic carbocycles. The van der Waals surface area contributed by atoms with Crippen molar-refractivity contribution in [1.29, 1.82) is 0 Å². The number of methoxy groups -OCH3 is 2. The molecule has 0 aromatic heterocycles. The van der Waals surface area contributed by atoms with Crippen molar-refractivity contribution in [2.45, 2.75) is 58.3 Å². The second kappa shape index (κ2) is 14.0. The van der Waals surface area contributed by atoms with Crippen LogP contribution in [0.1, 0.15) is 90.1 Å². The van der Waals surface area contributed by atoms with Gasteiger partial charge in [-0.2, -0.15) is 0 Å². The van der Waals surface area contributed by atoms with Gasteiger partial charge < -0.3 is 19.7 Å². The van der Waals surface area contributed by atoms with Crippen LogP contribution in [0.4, 0.5) is 0 Å². The number of hydrogen-bond donors (Lipinski definition) is 2. The second-order valence-electron chi connectivity index (χ2n) is 8.22. The maximum atomic E-state index is 11.9. The molecule has 0 amide bonds. The first-order valence-corrected chi connectivity index (χ1v) is 12.4. The SMILES string of the molecule is CCCCCCCCCC=C(c1cc(Cl)c(OC)c(C(=O)O)c1)c1cc(Cl)c(OC)c(C(=O)O)c1. The molecule has 190 valence electrons. The summed E-state index contributed by atoms with van der Waals surface area (Å²) in [4.78, 5) is 23.7. The van der Waals surface area contributed by atoms with Gasteiger partial charge in [-0.15, -0.1) is 0 Å². The first kappa shape index (κ1) is 28.5. The predicted octanol–water partition coefficient (Wildman–Crippen LogP) is 7.98. The maximum absolute atomic E-state index is 11.9. The van der Waals surface area contributed by atoms with Crippen LogP contribution in [0.15, 0.2) is 30.3 Å². The van der Waals surface area contributed by atoms with Crippen LogP contribution in [0.3, 0.4) is 0 Å². The van der Waals surface area contributed by atoms with E-state index in [9.17, 15) is 19.8 Å². The van der Waals surface area contributed by atoms with Crippen LogP contribution in [0.5, 0.6) is 11.5 Å². The Morgan fingerprint density at radius 1 is 0.771 bits per heavy atom. The molecule has 0 saturated carbocycles. The van der Waals surface area contributed by atoms with Crippen LogP contribution in [0.25, 0.3) is 5.57 Å². The molecule has 0 atom stereocenters. The standard InChI is InChI=1S/C27H32Cl2O6/c1-4-5-6-7-8-9-10-11-12-19(17-13-20(26(30)31)24(34-2)22(28)15-17)18-14-21(27(32)33)25(35-3)23(29)16-18/h12-16H,4-11H2,1-3H3,(H,30,31)(H,32,33). The van der Waals surface area contributed by atoms with E-state index >= 15 is 0 Å². The van der Waals surface area contributed by atoms with Gasteiger partial charge in [0.05, 0.1) is 24.3 Å². The summed E-state index contributed by atoms with van der Waals surface area (Å²) in [6.07, 6.45) is 10.8. The average Bonchev–Trinajstić information content (AvgIpc) is 2.82. The molecule has 0 radical (unpaired) electrons. The number of benzene rings is 2. The first-order valence-electron chi connectivity index (χ1n) is 11.7. The summed E-state index contributed by atoms with van der Waals surface area (Å²) in [5, 5.41) is 19.7. The molecule has 6 nitrogen and oxygen atoms in total. The lowest BCUT2D eigenvalue weighted by Crippen LogP contribution is -2.05. The summed E-state index contributed by atoms with van der Waals surface area (Å²) in [7, 11) is 2.71. The van der Waals surface area contributed by atoms with Crippen LogP contribution >= 0.6 is 23.2 Å². The number of rotatable bonds is 14. The topological polar surface area (TPSA) is 93.1 Å². The van der Waals surface area contributed by atoms with Gasteiger partial charge in [0, 0.05) is 0 Å². The van der Waals surface area contributed by atoms with Crippen LogP contribution in [-0.4, -0.2) is 36.4 Å². The Hall–Kier alpha value is -2.70. The largest absolute Gasteiger partial charge is 0.494 e. The lowest BCUT2D eigenvalue weighted by atomic mass is 9.93. The van der Waals surface area contributed by atoms with Gasteiger partial charge in [-0.1, -0.05) is 74.7 Å². The molecule has 0 aliphatic heterocycles. The third-order valence-electron chi connectivity index (χ3n) is 5.73. The smallest absolute Gasteiger partial charge is 0.339 e. The lowest BCUT2D eigenvalue weighted by molar-refractivity contribution is 0.0682. The summed E-state index contributed by atoms with van der Waals surface area (Å²) in [5.41, 5.74) is 1.50. The van der Waals surface area contributed by atoms with Gasteiger partial charge in [0.25, 0.3) is 0 Å². The third kappa shape index (κ3) is 7.64. The number of carboxylic acid groups (broad SMARTS) is 2. The van der Waals surface area contributed by atoms with Gasteiger partial charge in [0.1, 0.15) is 11.1 Å². The maximum Gasteiger partial charge on any atom is 0.339 e. The van der Waals surface area contributed by atoms with E-state index in [0.717, 1.165) is 25.7 Å². The summed E-state index contributed by atoms with van der Waals surface area (Å²) in [6, 6.07) is 6.17. The van der Waals surface area contributed by atoms with Crippen LogP contribution in [0, 0.1) is 0 Å². The number of unbranched alkanes of at least 4 members (excludes halogenated alkanes) is 7. The van der Waals surface area contributed by atoms with Crippen molar-refractivity contribution < 1.29 is 29.3 Å². The van der Waals surface area contributed by atoms with E-state index in [1.54, 1.807) is 12.1 Å². The molecule has 0 saturated heterocycles. The molecule has 0 fully saturated rings. The Balaban J connectivity index is 2.51. The van der Waals surface area contributed by atoms with E-state index in [1.807, 2.05) is 6.08 Å². The number of halogens is 2. The summed E-state index contributed by atoms with van der Waals surface area (Å²) in [5.74, 6) is -2.24. The highest BCUT2D eigenvalue weighted by Gasteiger charge is 2.21. The highest BCUT2D eigenvalue weighted by atomic mass is 35.5. The van der Waals surface area contributed by atoms with Gasteiger partial charge in [-0.05, 0) is 53.8 Å². The number of ether oxygens (including phenoxy) is 2. The minimum Gasteiger partial charge on any atom is -0.494 e. The normalized spacial score (nSPS) is 10.7. The summed E-state index contributed by atoms with van der Waals surface area (Å²) in [6.45, 7) is 2.19. The Labute approximate surface area is 216 Å². The zero-order chi connectivity index (χ0) is 26.0. The zero-order valence-electron chi connectivity index (χ0n) is 20.3. The van der Waals surface area contributed by atoms with Crippen molar-refractivity contribution in [3.63, 3.8) is 0 Å². The highest BCUT2D eigenvalue weighted by Crippen LogP contribution is 2.38. The van der Waals surface area contributed by atoms with E-state index in [2.05, 4.69) is 6.92 Å². The number of allylic oxidation sites excluding steroid dienone is 1. The number of aromatic carboxylic acids is 2. The van der Waals surface area contributed by atoms with Crippen molar-refractivity contribution in [2.24, 2.45) is 0 Å². The average molecular weight is 523 g/mol. The van der Waals surface area contributed by atoms with Crippen molar-refractivity contribution in [1.82, 2.24) is 0 Å². The second-order valence-corrected chi connectivity index (χ2v) is 9.03. The van der Waals surface area contributed by atoms with Gasteiger partial charge in [-0.3, -0.25) is 0 Å². The highest BCUT2D eigenvalue weighted by molar-refractivity contribution is 6.33. The van der Waals surface area contributed by atoms with E-state index in [-0.39, 0.29) is 32.7 Å². The predicted molar refractivity (Wildman–Crippen MR) is 140 cm³/mol. The first-order chi connectivity index (χ1) is 16.7. The van der Waals surface area contributed by atoms with Crippen molar-refractivity contribution >= 4 is 40.7 Å². The minimum absolute atomic E-state index is 0.0633. The Kier molecular flexibility index (Phi) is 11.4. The molecule has 0 heterocycles. The molecule has 8 heteroatoms. The lowest BCUT2D eigenvalue weighted by Gasteiger charge is -2.16. The number of hydrogen-bond acceptors (Lipinski definition) is 4. The van der Waals surface area contributed by atoms with Crippen LogP contribution < -0.4 is 9.47 Å². The minimum atomic E-state index is -1.18. The summed E-state index contributed by atoms with van der Waals surface area (Å²) < 4.78 is 10.4. The molecule has 2 rings (SSSR count). The monoisotopic (exact) mass is 522 g/mol. The molecule has 0 unspecified atom stereocenters. The molecule has 0 spiro atoms. The molecule has 35 heavy (non-hydrogen) atoms. The molecule has 2 aromatic rings. The van der Waals surface area contributed by atoms with E-state index in [0.29, 0.717) is 16.7 Å². The van der Waals surface area contributed by atoms with Gasteiger partial charge >= 0.3 is 11.9 Å². The van der Waals surface area contributed by atoms with Gasteiger partial charge in [-0.25, -0.2) is 9.59 Å². The van der Waals surface area contributed by atoms with E-state index in [4.69, 9.17) is 32.7 Å². The molecule has 2 N–H and O–H groups in total. The van der Waals surface area contributed by atoms with Gasteiger partial charge in [0.2, 0.25) is 0 Å². The molecular formula is C27H32Cl2O6. The van der Waals surface area contributed by atoms with E-state index < -0.39 is 11.9 Å². The summed E-state index contributed by atoms with van der Waals surface area (Å²) >= 11 is 12.7. The van der Waals surface area contributed by atoms with Crippen LogP contribution in [-0.2, 0) is 0 Å².